The number of benzene rings is 1. The van der Waals surface area contributed by atoms with E-state index in [1.165, 1.54) is 38.0 Å². The number of hydrogen-bond acceptors (Lipinski definition) is 6. The molecule has 1 aromatic carbocycles. The number of rotatable bonds is 7. The van der Waals surface area contributed by atoms with Gasteiger partial charge in [-0.3, -0.25) is 9.89 Å². The van der Waals surface area contributed by atoms with Crippen LogP contribution in [0.1, 0.15) is 37.1 Å². The van der Waals surface area contributed by atoms with E-state index in [-0.39, 0.29) is 10.8 Å². The number of anilines is 1. The molecule has 3 rings (SSSR count). The highest BCUT2D eigenvalue weighted by atomic mass is 32.2. The van der Waals surface area contributed by atoms with Crippen LogP contribution in [-0.4, -0.2) is 53.2 Å². The smallest absolute Gasteiger partial charge is 0.242 e. The molecule has 0 aliphatic heterocycles. The summed E-state index contributed by atoms with van der Waals surface area (Å²) in [4.78, 5) is 17.1. The molecule has 1 saturated carbocycles. The van der Waals surface area contributed by atoms with Crippen LogP contribution in [0, 0.1) is 6.92 Å². The van der Waals surface area contributed by atoms with Gasteiger partial charge in [-0.05, 0) is 44.4 Å². The minimum absolute atomic E-state index is 0.136. The average Bonchev–Trinajstić information content (AvgIpc) is 3.36. The van der Waals surface area contributed by atoms with Crippen LogP contribution in [0.5, 0.6) is 0 Å². The highest BCUT2D eigenvalue weighted by molar-refractivity contribution is 8.00. The van der Waals surface area contributed by atoms with Crippen molar-refractivity contribution in [2.45, 2.75) is 47.9 Å². The van der Waals surface area contributed by atoms with E-state index in [0.29, 0.717) is 16.8 Å². The molecule has 1 aliphatic carbocycles. The summed E-state index contributed by atoms with van der Waals surface area (Å²) in [6.45, 7) is 3.58. The number of carbonyl (C=O) groups is 1. The van der Waals surface area contributed by atoms with E-state index < -0.39 is 15.3 Å². The Labute approximate surface area is 163 Å². The highest BCUT2D eigenvalue weighted by Gasteiger charge is 2.28. The third-order valence-corrected chi connectivity index (χ3v) is 7.12. The van der Waals surface area contributed by atoms with E-state index in [2.05, 4.69) is 20.5 Å². The van der Waals surface area contributed by atoms with E-state index in [9.17, 15) is 13.2 Å². The molecule has 0 bridgehead atoms. The van der Waals surface area contributed by atoms with Crippen LogP contribution >= 0.6 is 11.8 Å². The van der Waals surface area contributed by atoms with E-state index in [1.54, 1.807) is 13.0 Å². The van der Waals surface area contributed by atoms with Crippen LogP contribution in [0.4, 0.5) is 5.69 Å². The fraction of sp³-hybridized carbons (Fsp3) is 0.471. The number of aromatic nitrogens is 3. The van der Waals surface area contributed by atoms with Gasteiger partial charge < -0.3 is 5.32 Å². The van der Waals surface area contributed by atoms with Gasteiger partial charge in [0.25, 0.3) is 0 Å². The molecular weight excluding hydrogens is 386 g/mol. The molecule has 146 valence electrons. The molecule has 0 spiro atoms. The number of thioether (sulfide) groups is 1. The maximum atomic E-state index is 12.6. The van der Waals surface area contributed by atoms with Crippen molar-refractivity contribution in [2.24, 2.45) is 0 Å². The number of carbonyl (C=O) groups excluding carboxylic acids is 1. The fourth-order valence-electron chi connectivity index (χ4n) is 2.40. The minimum Gasteiger partial charge on any atom is -0.325 e. The predicted molar refractivity (Wildman–Crippen MR) is 104 cm³/mol. The first-order valence-electron chi connectivity index (χ1n) is 8.61. The Morgan fingerprint density at radius 3 is 2.70 bits per heavy atom. The maximum absolute atomic E-state index is 12.6. The first-order valence-corrected chi connectivity index (χ1v) is 10.9. The van der Waals surface area contributed by atoms with Crippen LogP contribution < -0.4 is 5.32 Å². The lowest BCUT2D eigenvalue weighted by molar-refractivity contribution is -0.115. The standard InChI is InChI=1S/C17H23N5O3S2/c1-10-5-8-13(27(24,25)22(3)4)9-14(10)18-16(23)11(2)26-17-19-15(20-21-17)12-6-7-12/h5,8-9,11-12H,6-7H2,1-4H3,(H,18,23)(H,19,20,21). The molecular formula is C17H23N5O3S2. The Bertz CT molecular complexity index is 951. The summed E-state index contributed by atoms with van der Waals surface area (Å²) in [5.74, 6) is 1.11. The summed E-state index contributed by atoms with van der Waals surface area (Å²) in [5, 5.41) is 10.0. The molecule has 2 N–H and O–H groups in total. The number of aromatic amines is 1. The van der Waals surface area contributed by atoms with Crippen LogP contribution in [0.25, 0.3) is 0 Å². The Balaban J connectivity index is 1.70. The Kier molecular flexibility index (Phi) is 5.59. The maximum Gasteiger partial charge on any atom is 0.242 e. The lowest BCUT2D eigenvalue weighted by atomic mass is 10.2. The Morgan fingerprint density at radius 1 is 1.37 bits per heavy atom. The van der Waals surface area contributed by atoms with Crippen molar-refractivity contribution in [3.8, 4) is 0 Å². The van der Waals surface area contributed by atoms with Gasteiger partial charge in [-0.1, -0.05) is 17.8 Å². The van der Waals surface area contributed by atoms with Gasteiger partial charge in [-0.2, -0.15) is 0 Å². The van der Waals surface area contributed by atoms with Crippen molar-refractivity contribution in [3.05, 3.63) is 29.6 Å². The fourth-order valence-corrected chi connectivity index (χ4v) is 4.06. The van der Waals surface area contributed by atoms with Gasteiger partial charge >= 0.3 is 0 Å². The monoisotopic (exact) mass is 409 g/mol. The average molecular weight is 410 g/mol. The second-order valence-electron chi connectivity index (χ2n) is 6.79. The van der Waals surface area contributed by atoms with Gasteiger partial charge in [0.2, 0.25) is 21.1 Å². The van der Waals surface area contributed by atoms with E-state index >= 15 is 0 Å². The van der Waals surface area contributed by atoms with Crippen LogP contribution in [0.3, 0.4) is 0 Å². The van der Waals surface area contributed by atoms with Crippen molar-refractivity contribution in [3.63, 3.8) is 0 Å². The summed E-state index contributed by atoms with van der Waals surface area (Å²) in [5.41, 5.74) is 1.26. The molecule has 1 fully saturated rings. The van der Waals surface area contributed by atoms with Gasteiger partial charge in [-0.15, -0.1) is 5.10 Å². The third-order valence-electron chi connectivity index (χ3n) is 4.34. The summed E-state index contributed by atoms with van der Waals surface area (Å²) in [6.07, 6.45) is 2.25. The number of nitrogens with zero attached hydrogens (tertiary/aromatic N) is 3. The number of H-pyrrole nitrogens is 1. The Hall–Kier alpha value is -1.91. The predicted octanol–water partition coefficient (Wildman–Crippen LogP) is 2.36. The zero-order chi connectivity index (χ0) is 19.8. The van der Waals surface area contributed by atoms with Gasteiger partial charge in [0.1, 0.15) is 5.82 Å². The number of amides is 1. The first-order chi connectivity index (χ1) is 12.7. The molecule has 0 saturated heterocycles. The van der Waals surface area contributed by atoms with E-state index in [0.717, 1.165) is 28.5 Å². The van der Waals surface area contributed by atoms with Crippen molar-refractivity contribution < 1.29 is 13.2 Å². The summed E-state index contributed by atoms with van der Waals surface area (Å²) in [7, 11) is -0.625. The first kappa shape index (κ1) is 19.8. The van der Waals surface area contributed by atoms with Crippen molar-refractivity contribution >= 4 is 33.4 Å². The van der Waals surface area contributed by atoms with Gasteiger partial charge in [-0.25, -0.2) is 17.7 Å². The largest absolute Gasteiger partial charge is 0.325 e. The molecule has 8 nitrogen and oxygen atoms in total. The topological polar surface area (TPSA) is 108 Å². The molecule has 1 atom stereocenters. The molecule has 1 aromatic heterocycles. The van der Waals surface area contributed by atoms with Crippen molar-refractivity contribution in [1.82, 2.24) is 19.5 Å². The normalized spacial score (nSPS) is 15.7. The lowest BCUT2D eigenvalue weighted by Gasteiger charge is -2.15. The van der Waals surface area contributed by atoms with Crippen molar-refractivity contribution in [1.29, 1.82) is 0 Å². The SMILES string of the molecule is Cc1ccc(S(=O)(=O)N(C)C)cc1NC(=O)C(C)Sc1n[nH]c(C2CC2)n1. The van der Waals surface area contributed by atoms with Gasteiger partial charge in [0, 0.05) is 25.7 Å². The second-order valence-corrected chi connectivity index (χ2v) is 10.3. The van der Waals surface area contributed by atoms with E-state index in [4.69, 9.17) is 0 Å². The lowest BCUT2D eigenvalue weighted by Crippen LogP contribution is -2.24. The van der Waals surface area contributed by atoms with E-state index in [1.807, 2.05) is 6.92 Å². The molecule has 27 heavy (non-hydrogen) atoms. The molecule has 1 unspecified atom stereocenters. The summed E-state index contributed by atoms with van der Waals surface area (Å²) < 4.78 is 25.8. The van der Waals surface area contributed by atoms with Crippen LogP contribution in [0.15, 0.2) is 28.3 Å². The summed E-state index contributed by atoms with van der Waals surface area (Å²) >= 11 is 1.27. The number of aryl methyl sites for hydroxylation is 1. The second kappa shape index (κ2) is 7.61. The third kappa shape index (κ3) is 4.50. The zero-order valence-corrected chi connectivity index (χ0v) is 17.3. The van der Waals surface area contributed by atoms with Crippen LogP contribution in [-0.2, 0) is 14.8 Å². The number of hydrogen-bond donors (Lipinski definition) is 2. The molecule has 1 aliphatic rings. The van der Waals surface area contributed by atoms with Crippen molar-refractivity contribution in [2.75, 3.05) is 19.4 Å². The summed E-state index contributed by atoms with van der Waals surface area (Å²) in [6, 6.07) is 4.70. The quantitative estimate of drug-likeness (QED) is 0.680. The molecule has 10 heteroatoms. The number of sulfonamides is 1. The minimum atomic E-state index is -3.57. The molecule has 1 heterocycles. The Morgan fingerprint density at radius 2 is 2.07 bits per heavy atom. The number of nitrogens with one attached hydrogen (secondary N) is 2. The van der Waals surface area contributed by atoms with Crippen LogP contribution in [0.2, 0.25) is 0 Å². The van der Waals surface area contributed by atoms with Gasteiger partial charge in [0.15, 0.2) is 0 Å². The van der Waals surface area contributed by atoms with Gasteiger partial charge in [0.05, 0.1) is 10.1 Å². The molecule has 2 aromatic rings. The zero-order valence-electron chi connectivity index (χ0n) is 15.7. The molecule has 1 amide bonds. The molecule has 0 radical (unpaired) electrons. The highest BCUT2D eigenvalue weighted by Crippen LogP contribution is 2.38.